The molecule has 4 heteroatoms. The molecule has 0 aromatic heterocycles. The number of halogens is 1. The highest BCUT2D eigenvalue weighted by Gasteiger charge is 2.11. The number of aliphatic hydroxyl groups is 1. The molecule has 0 spiro atoms. The Kier molecular flexibility index (Phi) is 2.97. The molecule has 0 fully saturated rings. The van der Waals surface area contributed by atoms with Crippen molar-refractivity contribution in [3.8, 4) is 0 Å². The fourth-order valence-electron chi connectivity index (χ4n) is 0.968. The maximum absolute atomic E-state index is 12.4. The lowest BCUT2D eigenvalue weighted by Gasteiger charge is -2.07. The Morgan fingerprint density at radius 2 is 1.92 bits per heavy atom. The van der Waals surface area contributed by atoms with Crippen molar-refractivity contribution in [3.63, 3.8) is 0 Å². The maximum atomic E-state index is 12.4. The second kappa shape index (κ2) is 4.00. The predicted octanol–water partition coefficient (Wildman–Crippen LogP) is 1.33. The highest BCUT2D eigenvalue weighted by molar-refractivity contribution is 5.67. The van der Waals surface area contributed by atoms with Gasteiger partial charge in [-0.15, -0.1) is 0 Å². The van der Waals surface area contributed by atoms with Crippen LogP contribution < -0.4 is 0 Å². The van der Waals surface area contributed by atoms with E-state index < -0.39 is 17.9 Å². The van der Waals surface area contributed by atoms with Gasteiger partial charge in [0.15, 0.2) is 0 Å². The van der Waals surface area contributed by atoms with Gasteiger partial charge in [0.25, 0.3) is 0 Å². The molecule has 0 heterocycles. The Hall–Kier alpha value is -1.42. The van der Waals surface area contributed by atoms with E-state index in [0.717, 1.165) is 0 Å². The molecule has 0 aliphatic heterocycles. The molecule has 0 saturated carbocycles. The third-order valence-electron chi connectivity index (χ3n) is 1.62. The summed E-state index contributed by atoms with van der Waals surface area (Å²) in [4.78, 5) is 10.2. The van der Waals surface area contributed by atoms with Crippen molar-refractivity contribution in [1.29, 1.82) is 0 Å². The fourth-order valence-corrected chi connectivity index (χ4v) is 0.968. The van der Waals surface area contributed by atoms with E-state index in [-0.39, 0.29) is 6.42 Å². The van der Waals surface area contributed by atoms with Crippen LogP contribution in [-0.2, 0) is 4.79 Å². The summed E-state index contributed by atoms with van der Waals surface area (Å²) in [5.74, 6) is -1.50. The highest BCUT2D eigenvalue weighted by atomic mass is 19.1. The quantitative estimate of drug-likeness (QED) is 0.745. The first kappa shape index (κ1) is 9.67. The third-order valence-corrected chi connectivity index (χ3v) is 1.62. The normalized spacial score (nSPS) is 12.5. The topological polar surface area (TPSA) is 57.5 Å². The summed E-state index contributed by atoms with van der Waals surface area (Å²) in [5.41, 5.74) is 0.406. The van der Waals surface area contributed by atoms with E-state index in [1.165, 1.54) is 24.3 Å². The third kappa shape index (κ3) is 2.83. The first-order valence-electron chi connectivity index (χ1n) is 3.75. The number of carboxylic acid groups (broad SMARTS) is 1. The number of benzene rings is 1. The van der Waals surface area contributed by atoms with Crippen LogP contribution in [0, 0.1) is 5.82 Å². The SMILES string of the molecule is O=C(O)C[C@H](O)c1ccc(F)cc1. The average Bonchev–Trinajstić information content (AvgIpc) is 2.04. The van der Waals surface area contributed by atoms with Crippen molar-refractivity contribution in [2.24, 2.45) is 0 Å². The Morgan fingerprint density at radius 1 is 1.38 bits per heavy atom. The lowest BCUT2D eigenvalue weighted by atomic mass is 10.1. The largest absolute Gasteiger partial charge is 0.481 e. The molecule has 0 aliphatic rings. The van der Waals surface area contributed by atoms with E-state index >= 15 is 0 Å². The minimum atomic E-state index is -1.09. The molecule has 1 aromatic rings. The molecule has 13 heavy (non-hydrogen) atoms. The molecule has 0 bridgehead atoms. The van der Waals surface area contributed by atoms with Crippen LogP contribution in [0.5, 0.6) is 0 Å². The molecule has 2 N–H and O–H groups in total. The van der Waals surface area contributed by atoms with Crippen molar-refractivity contribution >= 4 is 5.97 Å². The van der Waals surface area contributed by atoms with Crippen LogP contribution in [-0.4, -0.2) is 16.2 Å². The van der Waals surface area contributed by atoms with Crippen LogP contribution in [0.3, 0.4) is 0 Å². The van der Waals surface area contributed by atoms with Crippen molar-refractivity contribution in [3.05, 3.63) is 35.6 Å². The lowest BCUT2D eigenvalue weighted by Crippen LogP contribution is -2.05. The van der Waals surface area contributed by atoms with Gasteiger partial charge in [-0.25, -0.2) is 4.39 Å². The summed E-state index contributed by atoms with van der Waals surface area (Å²) in [7, 11) is 0. The van der Waals surface area contributed by atoms with E-state index in [9.17, 15) is 14.3 Å². The molecule has 1 rings (SSSR count). The summed E-state index contributed by atoms with van der Waals surface area (Å²) in [6.07, 6.45) is -1.44. The second-order valence-electron chi connectivity index (χ2n) is 2.67. The minimum absolute atomic E-state index is 0.369. The molecule has 0 saturated heterocycles. The van der Waals surface area contributed by atoms with E-state index in [2.05, 4.69) is 0 Å². The van der Waals surface area contributed by atoms with Crippen LogP contribution in [0.2, 0.25) is 0 Å². The molecular weight excluding hydrogens is 175 g/mol. The van der Waals surface area contributed by atoms with Crippen LogP contribution in [0.15, 0.2) is 24.3 Å². The van der Waals surface area contributed by atoms with Crippen LogP contribution in [0.25, 0.3) is 0 Å². The number of aliphatic carboxylic acids is 1. The zero-order chi connectivity index (χ0) is 9.84. The summed E-state index contributed by atoms with van der Waals surface area (Å²) in [5, 5.41) is 17.6. The summed E-state index contributed by atoms with van der Waals surface area (Å²) < 4.78 is 12.4. The maximum Gasteiger partial charge on any atom is 0.306 e. The van der Waals surface area contributed by atoms with Crippen molar-refractivity contribution in [2.75, 3.05) is 0 Å². The lowest BCUT2D eigenvalue weighted by molar-refractivity contribution is -0.139. The number of rotatable bonds is 3. The van der Waals surface area contributed by atoms with Gasteiger partial charge in [-0.1, -0.05) is 12.1 Å². The van der Waals surface area contributed by atoms with E-state index in [4.69, 9.17) is 5.11 Å². The van der Waals surface area contributed by atoms with Gasteiger partial charge in [-0.2, -0.15) is 0 Å². The standard InChI is InChI=1S/C9H9FO3/c10-7-3-1-6(2-4-7)8(11)5-9(12)13/h1-4,8,11H,5H2,(H,12,13)/t8-/m0/s1. The Balaban J connectivity index is 2.71. The number of carbonyl (C=O) groups is 1. The van der Waals surface area contributed by atoms with E-state index in [1.807, 2.05) is 0 Å². The van der Waals surface area contributed by atoms with Crippen molar-refractivity contribution < 1.29 is 19.4 Å². The summed E-state index contributed by atoms with van der Waals surface area (Å²) in [6, 6.07) is 5.09. The van der Waals surface area contributed by atoms with Crippen molar-refractivity contribution in [1.82, 2.24) is 0 Å². The molecule has 0 radical (unpaired) electrons. The first-order valence-corrected chi connectivity index (χ1v) is 3.75. The van der Waals surface area contributed by atoms with Gasteiger partial charge in [-0.3, -0.25) is 4.79 Å². The number of aliphatic hydroxyl groups excluding tert-OH is 1. The highest BCUT2D eigenvalue weighted by Crippen LogP contribution is 2.16. The van der Waals surface area contributed by atoms with Gasteiger partial charge in [-0.05, 0) is 17.7 Å². The molecule has 1 aromatic carbocycles. The van der Waals surface area contributed by atoms with E-state index in [0.29, 0.717) is 5.56 Å². The van der Waals surface area contributed by atoms with Gasteiger partial charge in [0.05, 0.1) is 12.5 Å². The average molecular weight is 184 g/mol. The number of hydrogen-bond donors (Lipinski definition) is 2. The van der Waals surface area contributed by atoms with Gasteiger partial charge in [0.2, 0.25) is 0 Å². The Morgan fingerprint density at radius 3 is 2.38 bits per heavy atom. The van der Waals surface area contributed by atoms with Crippen LogP contribution in [0.4, 0.5) is 4.39 Å². The zero-order valence-corrected chi connectivity index (χ0v) is 6.77. The van der Waals surface area contributed by atoms with Gasteiger partial charge in [0.1, 0.15) is 5.82 Å². The summed E-state index contributed by atoms with van der Waals surface area (Å²) >= 11 is 0. The monoisotopic (exact) mass is 184 g/mol. The van der Waals surface area contributed by atoms with Crippen LogP contribution >= 0.6 is 0 Å². The molecule has 3 nitrogen and oxygen atoms in total. The predicted molar refractivity (Wildman–Crippen MR) is 43.6 cm³/mol. The zero-order valence-electron chi connectivity index (χ0n) is 6.77. The molecular formula is C9H9FO3. The minimum Gasteiger partial charge on any atom is -0.481 e. The molecule has 0 aliphatic carbocycles. The van der Waals surface area contributed by atoms with Gasteiger partial charge in [0, 0.05) is 0 Å². The number of carboxylic acids is 1. The molecule has 1 atom stereocenters. The van der Waals surface area contributed by atoms with Crippen molar-refractivity contribution in [2.45, 2.75) is 12.5 Å². The molecule has 70 valence electrons. The second-order valence-corrected chi connectivity index (χ2v) is 2.67. The van der Waals surface area contributed by atoms with Gasteiger partial charge < -0.3 is 10.2 Å². The van der Waals surface area contributed by atoms with E-state index in [1.54, 1.807) is 0 Å². The number of hydrogen-bond acceptors (Lipinski definition) is 2. The fraction of sp³-hybridized carbons (Fsp3) is 0.222. The Labute approximate surface area is 74.4 Å². The van der Waals surface area contributed by atoms with Crippen LogP contribution in [0.1, 0.15) is 18.1 Å². The smallest absolute Gasteiger partial charge is 0.306 e. The molecule has 0 unspecified atom stereocenters. The first-order chi connectivity index (χ1) is 6.09. The Bertz CT molecular complexity index is 294. The molecule has 0 amide bonds. The summed E-state index contributed by atoms with van der Waals surface area (Å²) in [6.45, 7) is 0. The van der Waals surface area contributed by atoms with Gasteiger partial charge >= 0.3 is 5.97 Å².